The first kappa shape index (κ1) is 3.61. The first-order valence-electron chi connectivity index (χ1n) is 1.42. The quantitative estimate of drug-likeness (QED) is 0.399. The molecule has 1 aliphatic heterocycles. The molecule has 1 rings (SSSR count). The average molecular weight is 97.1 g/mol. The van der Waals surface area contributed by atoms with Gasteiger partial charge in [0.1, 0.15) is 6.21 Å². The first-order valence-corrected chi connectivity index (χ1v) is 1.83. The van der Waals surface area contributed by atoms with Gasteiger partial charge in [-0.1, -0.05) is 0 Å². The molecule has 0 saturated heterocycles. The van der Waals surface area contributed by atoms with Gasteiger partial charge in [0.05, 0.1) is 6.21 Å². The van der Waals surface area contributed by atoms with Crippen molar-refractivity contribution in [3.05, 3.63) is 0 Å². The van der Waals surface area contributed by atoms with E-state index in [0.29, 0.717) is 5.11 Å². The standard InChI is InChI=1S/C3HN2S/c6-3-4-1-2-5-3/h1H. The lowest BCUT2D eigenvalue weighted by Gasteiger charge is -1.67. The summed E-state index contributed by atoms with van der Waals surface area (Å²) in [4.78, 5) is 7.06. The Bertz CT molecular complexity index is 111. The van der Waals surface area contributed by atoms with Crippen molar-refractivity contribution in [1.82, 2.24) is 0 Å². The fourth-order valence-electron chi connectivity index (χ4n) is 0.197. The van der Waals surface area contributed by atoms with Crippen LogP contribution in [0.1, 0.15) is 0 Å². The van der Waals surface area contributed by atoms with Gasteiger partial charge in [-0.15, -0.1) is 0 Å². The van der Waals surface area contributed by atoms with Crippen LogP contribution in [0.25, 0.3) is 0 Å². The second kappa shape index (κ2) is 1.26. The normalized spacial score (nSPS) is 17.0. The van der Waals surface area contributed by atoms with Gasteiger partial charge in [0, 0.05) is 0 Å². The molecule has 0 amide bonds. The number of rotatable bonds is 0. The summed E-state index contributed by atoms with van der Waals surface area (Å²) in [7, 11) is 0. The Balaban J connectivity index is 2.86. The summed E-state index contributed by atoms with van der Waals surface area (Å²) in [6.07, 6.45) is 3.91. The molecule has 0 aliphatic carbocycles. The van der Waals surface area contributed by atoms with Crippen LogP contribution in [0.3, 0.4) is 0 Å². The Morgan fingerprint density at radius 3 is 2.83 bits per heavy atom. The zero-order chi connectivity index (χ0) is 4.41. The third-order valence-electron chi connectivity index (χ3n) is 0.393. The highest BCUT2D eigenvalue weighted by atomic mass is 32.1. The number of hydrogen-bond donors (Lipinski definition) is 0. The number of thiocarbonyl (C=S) groups is 1. The van der Waals surface area contributed by atoms with E-state index in [-0.39, 0.29) is 0 Å². The Morgan fingerprint density at radius 1 is 1.83 bits per heavy atom. The second-order valence-corrected chi connectivity index (χ2v) is 1.15. The van der Waals surface area contributed by atoms with E-state index < -0.39 is 0 Å². The maximum Gasteiger partial charge on any atom is 0.219 e. The van der Waals surface area contributed by atoms with E-state index in [9.17, 15) is 0 Å². The molecular weight excluding hydrogens is 96.1 g/mol. The highest BCUT2D eigenvalue weighted by Crippen LogP contribution is 1.83. The van der Waals surface area contributed by atoms with Crippen molar-refractivity contribution in [2.45, 2.75) is 0 Å². The van der Waals surface area contributed by atoms with Crippen LogP contribution in [0.15, 0.2) is 9.98 Å². The maximum absolute atomic E-state index is 4.49. The van der Waals surface area contributed by atoms with Crippen molar-refractivity contribution in [3.8, 4) is 0 Å². The average Bonchev–Trinajstić information content (AvgIpc) is 1.86. The van der Waals surface area contributed by atoms with E-state index in [1.807, 2.05) is 0 Å². The van der Waals surface area contributed by atoms with Crippen LogP contribution >= 0.6 is 12.2 Å². The minimum Gasteiger partial charge on any atom is -0.225 e. The minimum atomic E-state index is 0.370. The molecule has 1 aliphatic rings. The topological polar surface area (TPSA) is 24.7 Å². The molecule has 2 nitrogen and oxygen atoms in total. The SMILES string of the molecule is S=C1N=[C]C=N1. The Labute approximate surface area is 40.6 Å². The summed E-state index contributed by atoms with van der Waals surface area (Å²) < 4.78 is 0. The van der Waals surface area contributed by atoms with Crippen LogP contribution in [0, 0.1) is 0 Å². The molecule has 29 valence electrons. The third-order valence-corrected chi connectivity index (χ3v) is 0.590. The lowest BCUT2D eigenvalue weighted by atomic mass is 10.9. The fraction of sp³-hybridized carbons (Fsp3) is 0. The summed E-state index contributed by atoms with van der Waals surface area (Å²) in [5, 5.41) is 0.370. The molecule has 0 N–H and O–H groups in total. The molecule has 3 heteroatoms. The summed E-state index contributed by atoms with van der Waals surface area (Å²) >= 11 is 4.49. The maximum atomic E-state index is 4.49. The van der Waals surface area contributed by atoms with Gasteiger partial charge in [-0.05, 0) is 12.2 Å². The van der Waals surface area contributed by atoms with Crippen LogP contribution in [-0.4, -0.2) is 17.5 Å². The first-order chi connectivity index (χ1) is 2.89. The lowest BCUT2D eigenvalue weighted by Crippen LogP contribution is -1.69. The van der Waals surface area contributed by atoms with Gasteiger partial charge in [-0.3, -0.25) is 0 Å². The largest absolute Gasteiger partial charge is 0.225 e. The van der Waals surface area contributed by atoms with Crippen LogP contribution < -0.4 is 0 Å². The van der Waals surface area contributed by atoms with Gasteiger partial charge in [-0.25, -0.2) is 9.98 Å². The zero-order valence-electron chi connectivity index (χ0n) is 2.88. The van der Waals surface area contributed by atoms with E-state index in [2.05, 4.69) is 28.4 Å². The van der Waals surface area contributed by atoms with E-state index in [0.717, 1.165) is 0 Å². The molecule has 0 atom stereocenters. The molecule has 0 aromatic rings. The minimum absolute atomic E-state index is 0.370. The van der Waals surface area contributed by atoms with E-state index in [4.69, 9.17) is 0 Å². The van der Waals surface area contributed by atoms with Crippen molar-refractivity contribution < 1.29 is 0 Å². The molecule has 0 bridgehead atoms. The molecule has 0 unspecified atom stereocenters. The van der Waals surface area contributed by atoms with Crippen LogP contribution in [0.5, 0.6) is 0 Å². The van der Waals surface area contributed by atoms with Gasteiger partial charge in [0.15, 0.2) is 0 Å². The summed E-state index contributed by atoms with van der Waals surface area (Å²) in [5.74, 6) is 0. The summed E-state index contributed by atoms with van der Waals surface area (Å²) in [5.41, 5.74) is 0. The smallest absolute Gasteiger partial charge is 0.219 e. The molecular formula is C3HN2S. The second-order valence-electron chi connectivity index (χ2n) is 0.782. The fourth-order valence-corrected chi connectivity index (χ4v) is 0.302. The molecule has 0 fully saturated rings. The van der Waals surface area contributed by atoms with Crippen LogP contribution in [0.4, 0.5) is 0 Å². The molecule has 1 radical (unpaired) electrons. The molecule has 0 saturated carbocycles. The van der Waals surface area contributed by atoms with Crippen LogP contribution in [0.2, 0.25) is 0 Å². The summed E-state index contributed by atoms with van der Waals surface area (Å²) in [6.45, 7) is 0. The van der Waals surface area contributed by atoms with Crippen molar-refractivity contribution in [2.75, 3.05) is 0 Å². The molecule has 0 aromatic heterocycles. The predicted molar refractivity (Wildman–Crippen MR) is 28.5 cm³/mol. The lowest BCUT2D eigenvalue weighted by molar-refractivity contribution is 1.69. The van der Waals surface area contributed by atoms with Gasteiger partial charge < -0.3 is 0 Å². The van der Waals surface area contributed by atoms with Crippen molar-refractivity contribution >= 4 is 29.8 Å². The highest BCUT2D eigenvalue weighted by Gasteiger charge is 1.87. The Kier molecular flexibility index (Phi) is 0.759. The number of nitrogens with zero attached hydrogens (tertiary/aromatic N) is 2. The van der Waals surface area contributed by atoms with Crippen molar-refractivity contribution in [2.24, 2.45) is 9.98 Å². The number of aliphatic imine (C=N–C) groups is 2. The molecule has 6 heavy (non-hydrogen) atoms. The van der Waals surface area contributed by atoms with Crippen molar-refractivity contribution in [1.29, 1.82) is 0 Å². The van der Waals surface area contributed by atoms with E-state index in [1.54, 1.807) is 0 Å². The third kappa shape index (κ3) is 0.490. The van der Waals surface area contributed by atoms with Gasteiger partial charge in [-0.2, -0.15) is 0 Å². The Morgan fingerprint density at radius 2 is 2.67 bits per heavy atom. The molecule has 0 spiro atoms. The van der Waals surface area contributed by atoms with Gasteiger partial charge in [0.2, 0.25) is 5.11 Å². The van der Waals surface area contributed by atoms with E-state index in [1.165, 1.54) is 6.21 Å². The van der Waals surface area contributed by atoms with E-state index >= 15 is 0 Å². The van der Waals surface area contributed by atoms with Crippen LogP contribution in [-0.2, 0) is 0 Å². The summed E-state index contributed by atoms with van der Waals surface area (Å²) in [6, 6.07) is 0. The predicted octanol–water partition coefficient (Wildman–Crippen LogP) is 0.303. The Hall–Kier alpha value is -0.570. The number of hydrogen-bond acceptors (Lipinski definition) is 1. The molecule has 0 aromatic carbocycles. The molecule has 1 heterocycles. The highest BCUT2D eigenvalue weighted by molar-refractivity contribution is 7.80. The van der Waals surface area contributed by atoms with Gasteiger partial charge >= 0.3 is 0 Å². The monoisotopic (exact) mass is 97.0 g/mol. The van der Waals surface area contributed by atoms with Gasteiger partial charge in [0.25, 0.3) is 0 Å². The van der Waals surface area contributed by atoms with Crippen molar-refractivity contribution in [3.63, 3.8) is 0 Å². The zero-order valence-corrected chi connectivity index (χ0v) is 3.70.